The average Bonchev–Trinajstić information content (AvgIpc) is 3.35. The van der Waals surface area contributed by atoms with Crippen LogP contribution in [0.2, 0.25) is 0 Å². The molecule has 1 amide bonds. The number of Topliss-reactive ketones (excluding diaryl/α,β-unsaturated/α-hetero) is 1. The van der Waals surface area contributed by atoms with Gasteiger partial charge in [0, 0.05) is 28.9 Å². The number of amides is 1. The Morgan fingerprint density at radius 1 is 0.875 bits per heavy atom. The third kappa shape index (κ3) is 5.93. The summed E-state index contributed by atoms with van der Waals surface area (Å²) in [6, 6.07) is 15.8. The van der Waals surface area contributed by atoms with Crippen LogP contribution in [-0.4, -0.2) is 50.5 Å². The fourth-order valence-electron chi connectivity index (χ4n) is 4.79. The highest BCUT2D eigenvalue weighted by Crippen LogP contribution is 2.43. The monoisotopic (exact) mass is 556 g/mol. The van der Waals surface area contributed by atoms with E-state index in [4.69, 9.17) is 0 Å². The maximum absolute atomic E-state index is 13.6. The Labute approximate surface area is 229 Å². The number of ketones is 1. The standard InChI is InChI=1S/C31H29F5N2O2/c1-19(39)29-26(20-6-8-24(36)9-7-20)13-23-14-28(37-11-3-10-32)25(15-27(23)29)21-4-2-5-22(12-21)30(40)38-31(16-33,17-34)18-35/h2,4-9,12,14-15,37H,3,10-11,13,16-18H2,1H3,(H,38,40). The summed E-state index contributed by atoms with van der Waals surface area (Å²) < 4.78 is 66.5. The van der Waals surface area contributed by atoms with Crippen molar-refractivity contribution in [2.45, 2.75) is 25.3 Å². The number of hydrogen-bond donors (Lipinski definition) is 2. The fraction of sp³-hybridized carbons (Fsp3) is 0.290. The van der Waals surface area contributed by atoms with Crippen LogP contribution >= 0.6 is 0 Å². The van der Waals surface area contributed by atoms with Gasteiger partial charge in [0.05, 0.1) is 6.67 Å². The van der Waals surface area contributed by atoms with E-state index in [1.165, 1.54) is 31.2 Å². The van der Waals surface area contributed by atoms with Gasteiger partial charge < -0.3 is 10.6 Å². The molecule has 0 unspecified atom stereocenters. The van der Waals surface area contributed by atoms with Gasteiger partial charge in [-0.2, -0.15) is 0 Å². The predicted octanol–water partition coefficient (Wildman–Crippen LogP) is 6.70. The first kappa shape index (κ1) is 29.0. The molecular weight excluding hydrogens is 527 g/mol. The molecule has 0 aromatic heterocycles. The molecule has 1 aliphatic rings. The van der Waals surface area contributed by atoms with Crippen molar-refractivity contribution in [1.82, 2.24) is 5.32 Å². The first-order valence-electron chi connectivity index (χ1n) is 12.8. The number of nitrogens with one attached hydrogen (secondary N) is 2. The van der Waals surface area contributed by atoms with Gasteiger partial charge in [-0.15, -0.1) is 0 Å². The number of benzene rings is 3. The molecule has 0 aliphatic heterocycles. The van der Waals surface area contributed by atoms with Crippen molar-refractivity contribution in [2.24, 2.45) is 0 Å². The molecule has 0 atom stereocenters. The van der Waals surface area contributed by atoms with E-state index in [1.54, 1.807) is 24.3 Å². The zero-order valence-corrected chi connectivity index (χ0v) is 21.9. The van der Waals surface area contributed by atoms with Crippen LogP contribution in [0.3, 0.4) is 0 Å². The van der Waals surface area contributed by atoms with E-state index >= 15 is 0 Å². The first-order chi connectivity index (χ1) is 19.3. The molecule has 0 spiro atoms. The molecule has 0 saturated heterocycles. The smallest absolute Gasteiger partial charge is 0.251 e. The summed E-state index contributed by atoms with van der Waals surface area (Å²) in [5.41, 5.74) is 3.09. The Hall–Kier alpha value is -4.01. The van der Waals surface area contributed by atoms with Crippen molar-refractivity contribution in [3.63, 3.8) is 0 Å². The lowest BCUT2D eigenvalue weighted by molar-refractivity contribution is -0.111. The van der Waals surface area contributed by atoms with Crippen LogP contribution in [0.5, 0.6) is 0 Å². The SMILES string of the molecule is CC(=O)C1=C(c2ccc(F)cc2)Cc2cc(NCCCF)c(-c3cccc(C(=O)NC(CF)(CF)CF)c3)cc21. The van der Waals surface area contributed by atoms with Crippen LogP contribution in [0.4, 0.5) is 27.6 Å². The number of fused-ring (bicyclic) bond motifs is 1. The Morgan fingerprint density at radius 3 is 2.20 bits per heavy atom. The first-order valence-corrected chi connectivity index (χ1v) is 12.8. The molecule has 1 aliphatic carbocycles. The Bertz CT molecular complexity index is 1420. The van der Waals surface area contributed by atoms with Gasteiger partial charge in [0.1, 0.15) is 31.4 Å². The second-order valence-electron chi connectivity index (χ2n) is 9.83. The third-order valence-electron chi connectivity index (χ3n) is 6.93. The van der Waals surface area contributed by atoms with E-state index in [0.29, 0.717) is 46.5 Å². The molecule has 0 radical (unpaired) electrons. The number of anilines is 1. The van der Waals surface area contributed by atoms with E-state index in [9.17, 15) is 31.5 Å². The van der Waals surface area contributed by atoms with Gasteiger partial charge in [0.15, 0.2) is 5.78 Å². The van der Waals surface area contributed by atoms with Gasteiger partial charge in [-0.05, 0) is 84.0 Å². The number of rotatable bonds is 12. The van der Waals surface area contributed by atoms with Crippen LogP contribution in [0, 0.1) is 5.82 Å². The summed E-state index contributed by atoms with van der Waals surface area (Å²) in [5.74, 6) is -1.40. The van der Waals surface area contributed by atoms with Crippen molar-refractivity contribution in [3.05, 3.63) is 88.7 Å². The second kappa shape index (κ2) is 12.4. The van der Waals surface area contributed by atoms with Crippen molar-refractivity contribution in [2.75, 3.05) is 38.6 Å². The quantitative estimate of drug-likeness (QED) is 0.193. The lowest BCUT2D eigenvalue weighted by Crippen LogP contribution is -2.54. The van der Waals surface area contributed by atoms with Crippen LogP contribution in [0.15, 0.2) is 60.7 Å². The largest absolute Gasteiger partial charge is 0.384 e. The van der Waals surface area contributed by atoms with Crippen LogP contribution in [0.25, 0.3) is 22.3 Å². The molecule has 3 aromatic rings. The lowest BCUT2D eigenvalue weighted by atomic mass is 9.93. The highest BCUT2D eigenvalue weighted by molar-refractivity contribution is 6.29. The summed E-state index contributed by atoms with van der Waals surface area (Å²) >= 11 is 0. The van der Waals surface area contributed by atoms with E-state index in [-0.39, 0.29) is 17.8 Å². The van der Waals surface area contributed by atoms with Crippen LogP contribution < -0.4 is 10.6 Å². The molecule has 9 heteroatoms. The highest BCUT2D eigenvalue weighted by Gasteiger charge is 2.33. The molecule has 2 N–H and O–H groups in total. The minimum Gasteiger partial charge on any atom is -0.384 e. The van der Waals surface area contributed by atoms with Gasteiger partial charge in [0.2, 0.25) is 0 Å². The zero-order chi connectivity index (χ0) is 28.9. The zero-order valence-electron chi connectivity index (χ0n) is 21.9. The highest BCUT2D eigenvalue weighted by atomic mass is 19.2. The maximum Gasteiger partial charge on any atom is 0.251 e. The van der Waals surface area contributed by atoms with Gasteiger partial charge in [0.25, 0.3) is 5.91 Å². The summed E-state index contributed by atoms with van der Waals surface area (Å²) in [5, 5.41) is 5.34. The predicted molar refractivity (Wildman–Crippen MR) is 147 cm³/mol. The van der Waals surface area contributed by atoms with E-state index in [1.807, 2.05) is 12.1 Å². The normalized spacial score (nSPS) is 12.8. The summed E-state index contributed by atoms with van der Waals surface area (Å²) in [7, 11) is 0. The van der Waals surface area contributed by atoms with Crippen molar-refractivity contribution in [3.8, 4) is 11.1 Å². The van der Waals surface area contributed by atoms with Gasteiger partial charge in [-0.3, -0.25) is 14.0 Å². The lowest BCUT2D eigenvalue weighted by Gasteiger charge is -2.25. The molecular formula is C31H29F5N2O2. The molecule has 210 valence electrons. The van der Waals surface area contributed by atoms with Crippen molar-refractivity contribution in [1.29, 1.82) is 0 Å². The average molecular weight is 557 g/mol. The summed E-state index contributed by atoms with van der Waals surface area (Å²) in [4.78, 5) is 25.7. The maximum atomic E-state index is 13.6. The molecule has 4 nitrogen and oxygen atoms in total. The Balaban J connectivity index is 1.80. The van der Waals surface area contributed by atoms with E-state index in [0.717, 1.165) is 11.1 Å². The molecule has 4 rings (SSSR count). The van der Waals surface area contributed by atoms with Gasteiger partial charge in [-0.25, -0.2) is 17.6 Å². The molecule has 3 aromatic carbocycles. The van der Waals surface area contributed by atoms with Crippen LogP contribution in [0.1, 0.15) is 40.4 Å². The van der Waals surface area contributed by atoms with Gasteiger partial charge >= 0.3 is 0 Å². The summed E-state index contributed by atoms with van der Waals surface area (Å²) in [6.45, 7) is -2.96. The number of hydrogen-bond acceptors (Lipinski definition) is 3. The summed E-state index contributed by atoms with van der Waals surface area (Å²) in [6.07, 6.45) is 0.683. The topological polar surface area (TPSA) is 58.2 Å². The number of carbonyl (C=O) groups is 2. The van der Waals surface area contributed by atoms with E-state index < -0.39 is 44.0 Å². The van der Waals surface area contributed by atoms with Crippen LogP contribution in [-0.2, 0) is 11.2 Å². The fourth-order valence-corrected chi connectivity index (χ4v) is 4.79. The molecule has 0 heterocycles. The Kier molecular flexibility index (Phi) is 9.02. The third-order valence-corrected chi connectivity index (χ3v) is 6.93. The molecule has 0 fully saturated rings. The van der Waals surface area contributed by atoms with Crippen molar-refractivity contribution < 1.29 is 31.5 Å². The number of alkyl halides is 4. The number of carbonyl (C=O) groups excluding carboxylic acids is 2. The number of allylic oxidation sites excluding steroid dienone is 2. The number of halogens is 5. The van der Waals surface area contributed by atoms with Gasteiger partial charge in [-0.1, -0.05) is 24.3 Å². The Morgan fingerprint density at radius 2 is 1.57 bits per heavy atom. The second-order valence-corrected chi connectivity index (χ2v) is 9.83. The van der Waals surface area contributed by atoms with E-state index in [2.05, 4.69) is 10.6 Å². The molecule has 0 bridgehead atoms. The molecule has 0 saturated carbocycles. The minimum atomic E-state index is -2.25. The molecule has 40 heavy (non-hydrogen) atoms. The van der Waals surface area contributed by atoms with Crippen molar-refractivity contribution >= 4 is 28.5 Å². The minimum absolute atomic E-state index is 0.0572.